The maximum absolute atomic E-state index is 13.6. The molecule has 254 valence electrons. The third-order valence-electron chi connectivity index (χ3n) is 8.93. The van der Waals surface area contributed by atoms with Gasteiger partial charge in [-0.1, -0.05) is 66.2 Å². The molecular weight excluding hydrogens is 641 g/mol. The van der Waals surface area contributed by atoms with Gasteiger partial charge in [0.1, 0.15) is 0 Å². The Morgan fingerprint density at radius 3 is 2.27 bits per heavy atom. The number of alkyl halides is 3. The minimum absolute atomic E-state index is 0.0984. The van der Waals surface area contributed by atoms with Gasteiger partial charge in [-0.2, -0.15) is 13.2 Å². The molecule has 48 heavy (non-hydrogen) atoms. The molecule has 1 amide bonds. The number of dihydropyridines is 1. The summed E-state index contributed by atoms with van der Waals surface area (Å²) in [5.74, 6) is -2.19. The van der Waals surface area contributed by atoms with Gasteiger partial charge >= 0.3 is 12.1 Å². The van der Waals surface area contributed by atoms with Crippen LogP contribution < -0.4 is 10.6 Å². The number of esters is 1. The summed E-state index contributed by atoms with van der Waals surface area (Å²) < 4.78 is 45.8. The summed E-state index contributed by atoms with van der Waals surface area (Å²) in [6.07, 6.45) is -3.89. The Balaban J connectivity index is 1.17. The summed E-state index contributed by atoms with van der Waals surface area (Å²) in [6, 6.07) is 21.1. The molecule has 3 aromatic rings. The van der Waals surface area contributed by atoms with Crippen LogP contribution in [-0.2, 0) is 27.0 Å². The van der Waals surface area contributed by atoms with E-state index in [0.717, 1.165) is 57.0 Å². The highest BCUT2D eigenvalue weighted by atomic mass is 35.5. The standard InChI is InChI=1S/C37H40ClF3N4O3/c1-24-32(34(33(25(2)43-24)36(47)48-3)27-9-6-10-29(22-27)37(39,40)41)35(46)42-16-7-17-44-18-20-45(21-19-44)23-28-8-4-5-11-31(28)26-12-14-30(38)15-13-26/h4-6,8-15,22,34,43H,7,16-21,23H2,1-3H3,(H,42,46). The van der Waals surface area contributed by atoms with Crippen LogP contribution in [0.4, 0.5) is 13.2 Å². The molecule has 1 unspecified atom stereocenters. The van der Waals surface area contributed by atoms with Gasteiger partial charge in [-0.3, -0.25) is 9.69 Å². The van der Waals surface area contributed by atoms with Crippen molar-refractivity contribution in [2.75, 3.05) is 46.4 Å². The second-order valence-corrected chi connectivity index (χ2v) is 12.6. The van der Waals surface area contributed by atoms with Crippen molar-refractivity contribution in [1.82, 2.24) is 20.4 Å². The third-order valence-corrected chi connectivity index (χ3v) is 9.18. The number of carbonyl (C=O) groups excluding carboxylic acids is 2. The van der Waals surface area contributed by atoms with E-state index in [-0.39, 0.29) is 16.7 Å². The maximum atomic E-state index is 13.6. The zero-order valence-corrected chi connectivity index (χ0v) is 28.0. The third kappa shape index (κ3) is 8.29. The molecule has 2 aliphatic heterocycles. The highest BCUT2D eigenvalue weighted by molar-refractivity contribution is 6.30. The second-order valence-electron chi connectivity index (χ2n) is 12.1. The van der Waals surface area contributed by atoms with Crippen LogP contribution in [0.2, 0.25) is 5.02 Å². The lowest BCUT2D eigenvalue weighted by Crippen LogP contribution is -2.46. The number of methoxy groups -OCH3 is 1. The Morgan fingerprint density at radius 2 is 1.58 bits per heavy atom. The average Bonchev–Trinajstić information content (AvgIpc) is 3.07. The van der Waals surface area contributed by atoms with E-state index in [1.54, 1.807) is 13.8 Å². The number of carbonyl (C=O) groups is 2. The fraction of sp³-hybridized carbons (Fsp3) is 0.351. The molecule has 1 saturated heterocycles. The van der Waals surface area contributed by atoms with Crippen LogP contribution in [0.3, 0.4) is 0 Å². The Labute approximate surface area is 284 Å². The Bertz CT molecular complexity index is 1700. The zero-order chi connectivity index (χ0) is 34.4. The molecule has 2 N–H and O–H groups in total. The zero-order valence-electron chi connectivity index (χ0n) is 27.3. The maximum Gasteiger partial charge on any atom is 0.416 e. The van der Waals surface area contributed by atoms with Crippen LogP contribution in [0.25, 0.3) is 11.1 Å². The van der Waals surface area contributed by atoms with Gasteiger partial charge in [0.25, 0.3) is 0 Å². The molecule has 0 aromatic heterocycles. The van der Waals surface area contributed by atoms with Gasteiger partial charge in [0.15, 0.2) is 0 Å². The number of nitrogens with zero attached hydrogens (tertiary/aromatic N) is 2. The number of benzene rings is 3. The summed E-state index contributed by atoms with van der Waals surface area (Å²) >= 11 is 6.10. The van der Waals surface area contributed by atoms with Crippen molar-refractivity contribution in [2.45, 2.75) is 38.9 Å². The molecule has 0 aliphatic carbocycles. The molecule has 0 saturated carbocycles. The van der Waals surface area contributed by atoms with E-state index in [0.29, 0.717) is 29.4 Å². The van der Waals surface area contributed by atoms with Gasteiger partial charge in [-0.15, -0.1) is 0 Å². The Kier molecular flexibility index (Phi) is 11.3. The van der Waals surface area contributed by atoms with E-state index in [2.05, 4.69) is 38.6 Å². The smallest absolute Gasteiger partial charge is 0.416 e. The van der Waals surface area contributed by atoms with Crippen molar-refractivity contribution in [1.29, 1.82) is 0 Å². The lowest BCUT2D eigenvalue weighted by molar-refractivity contribution is -0.137. The molecule has 0 radical (unpaired) electrons. The number of rotatable bonds is 10. The minimum Gasteiger partial charge on any atom is -0.466 e. The first-order chi connectivity index (χ1) is 23.0. The summed E-state index contributed by atoms with van der Waals surface area (Å²) in [7, 11) is 1.21. The number of halogens is 4. The molecule has 2 aliphatic rings. The highest BCUT2D eigenvalue weighted by Crippen LogP contribution is 2.40. The monoisotopic (exact) mass is 680 g/mol. The number of allylic oxidation sites excluding steroid dienone is 2. The van der Waals surface area contributed by atoms with E-state index in [1.165, 1.54) is 30.4 Å². The van der Waals surface area contributed by atoms with E-state index in [9.17, 15) is 22.8 Å². The fourth-order valence-corrected chi connectivity index (χ4v) is 6.61. The molecular formula is C37H40ClF3N4O3. The lowest BCUT2D eigenvalue weighted by Gasteiger charge is -2.35. The van der Waals surface area contributed by atoms with Crippen molar-refractivity contribution in [3.05, 3.63) is 117 Å². The number of hydrogen-bond acceptors (Lipinski definition) is 6. The van der Waals surface area contributed by atoms with Gasteiger partial charge in [-0.05, 0) is 67.3 Å². The fourth-order valence-electron chi connectivity index (χ4n) is 6.48. The quantitative estimate of drug-likeness (QED) is 0.182. The van der Waals surface area contributed by atoms with Crippen molar-refractivity contribution in [3.8, 4) is 11.1 Å². The van der Waals surface area contributed by atoms with Crippen molar-refractivity contribution < 1.29 is 27.5 Å². The molecule has 0 bridgehead atoms. The first kappa shape index (κ1) is 35.2. The van der Waals surface area contributed by atoms with Crippen molar-refractivity contribution in [2.24, 2.45) is 0 Å². The molecule has 5 rings (SSSR count). The van der Waals surface area contributed by atoms with Gasteiger partial charge < -0.3 is 20.3 Å². The molecule has 7 nitrogen and oxygen atoms in total. The predicted octanol–water partition coefficient (Wildman–Crippen LogP) is 6.76. The summed E-state index contributed by atoms with van der Waals surface area (Å²) in [5, 5.41) is 6.71. The molecule has 2 heterocycles. The van der Waals surface area contributed by atoms with Gasteiger partial charge in [0, 0.05) is 61.3 Å². The van der Waals surface area contributed by atoms with Crippen LogP contribution in [-0.4, -0.2) is 68.1 Å². The number of piperazine rings is 1. The molecule has 3 aromatic carbocycles. The van der Waals surface area contributed by atoms with E-state index in [4.69, 9.17) is 16.3 Å². The van der Waals surface area contributed by atoms with Crippen LogP contribution in [0.1, 0.15) is 42.9 Å². The first-order valence-corrected chi connectivity index (χ1v) is 16.3. The number of hydrogen-bond donors (Lipinski definition) is 2. The van der Waals surface area contributed by atoms with Crippen molar-refractivity contribution in [3.63, 3.8) is 0 Å². The van der Waals surface area contributed by atoms with Crippen LogP contribution in [0.15, 0.2) is 95.3 Å². The van der Waals surface area contributed by atoms with Gasteiger partial charge in [0.2, 0.25) is 5.91 Å². The highest BCUT2D eigenvalue weighted by Gasteiger charge is 2.38. The SMILES string of the molecule is COC(=O)C1=C(C)NC(C)=C(C(=O)NCCCN2CCN(Cc3ccccc3-c3ccc(Cl)cc3)CC2)C1c1cccc(C(F)(F)F)c1. The summed E-state index contributed by atoms with van der Waals surface area (Å²) in [5.41, 5.74) is 4.10. The average molecular weight is 681 g/mol. The van der Waals surface area contributed by atoms with E-state index >= 15 is 0 Å². The lowest BCUT2D eigenvalue weighted by atomic mass is 9.79. The van der Waals surface area contributed by atoms with Gasteiger partial charge in [0.05, 0.1) is 24.2 Å². The molecule has 1 fully saturated rings. The molecule has 0 spiro atoms. The van der Waals surface area contributed by atoms with Crippen LogP contribution in [0.5, 0.6) is 0 Å². The Morgan fingerprint density at radius 1 is 0.917 bits per heavy atom. The van der Waals surface area contributed by atoms with E-state index < -0.39 is 29.5 Å². The number of amides is 1. The number of ether oxygens (including phenoxy) is 1. The topological polar surface area (TPSA) is 73.9 Å². The van der Waals surface area contributed by atoms with Crippen molar-refractivity contribution >= 4 is 23.5 Å². The summed E-state index contributed by atoms with van der Waals surface area (Å²) in [6.45, 7) is 8.96. The van der Waals surface area contributed by atoms with Gasteiger partial charge in [-0.25, -0.2) is 4.79 Å². The van der Waals surface area contributed by atoms with E-state index in [1.807, 2.05) is 30.3 Å². The second kappa shape index (κ2) is 15.4. The Hall–Kier alpha value is -4.12. The molecule has 11 heteroatoms. The normalized spacial score (nSPS) is 17.7. The number of nitrogens with one attached hydrogen (secondary N) is 2. The first-order valence-electron chi connectivity index (χ1n) is 16.0. The molecule has 1 atom stereocenters. The van der Waals surface area contributed by atoms with Crippen LogP contribution in [0, 0.1) is 0 Å². The van der Waals surface area contributed by atoms with Crippen LogP contribution >= 0.6 is 11.6 Å². The summed E-state index contributed by atoms with van der Waals surface area (Å²) in [4.78, 5) is 31.3. The largest absolute Gasteiger partial charge is 0.466 e. The minimum atomic E-state index is -4.58. The predicted molar refractivity (Wildman–Crippen MR) is 181 cm³/mol.